The van der Waals surface area contributed by atoms with E-state index in [4.69, 9.17) is 5.73 Å². The van der Waals surface area contributed by atoms with Crippen LogP contribution < -0.4 is 11.1 Å². The maximum Gasteiger partial charge on any atom is 0.255 e. The van der Waals surface area contributed by atoms with Crippen molar-refractivity contribution in [2.24, 2.45) is 0 Å². The number of carbonyl (C=O) groups excluding carboxylic acids is 1. The van der Waals surface area contributed by atoms with E-state index in [2.05, 4.69) is 53.1 Å². The number of anilines is 2. The van der Waals surface area contributed by atoms with Crippen LogP contribution in [0.2, 0.25) is 0 Å². The first-order chi connectivity index (χ1) is 9.36. The van der Waals surface area contributed by atoms with E-state index in [9.17, 15) is 4.79 Å². The zero-order valence-electron chi connectivity index (χ0n) is 10.5. The zero-order chi connectivity index (χ0) is 14.9. The molecular weight excluding hydrogens is 452 g/mol. The van der Waals surface area contributed by atoms with Gasteiger partial charge in [-0.15, -0.1) is 0 Å². The van der Waals surface area contributed by atoms with Crippen LogP contribution in [-0.2, 0) is 0 Å². The predicted molar refractivity (Wildman–Crippen MR) is 93.1 cm³/mol. The molecule has 0 aliphatic rings. The lowest BCUT2D eigenvalue weighted by atomic mass is 10.1. The van der Waals surface area contributed by atoms with E-state index in [0.717, 1.165) is 19.0 Å². The highest BCUT2D eigenvalue weighted by molar-refractivity contribution is 9.11. The molecule has 0 saturated carbocycles. The number of nitrogen functional groups attached to an aromatic ring is 1. The van der Waals surface area contributed by atoms with Crippen LogP contribution in [-0.4, -0.2) is 5.91 Å². The highest BCUT2D eigenvalue weighted by Crippen LogP contribution is 2.29. The van der Waals surface area contributed by atoms with Crippen molar-refractivity contribution in [2.75, 3.05) is 11.1 Å². The Kier molecular flexibility index (Phi) is 4.88. The number of halogens is 3. The first-order valence-corrected chi connectivity index (χ1v) is 8.08. The molecule has 104 valence electrons. The van der Waals surface area contributed by atoms with Crippen molar-refractivity contribution in [2.45, 2.75) is 6.92 Å². The third-order valence-corrected chi connectivity index (χ3v) is 4.07. The lowest BCUT2D eigenvalue weighted by Gasteiger charge is -2.12. The van der Waals surface area contributed by atoms with Gasteiger partial charge in [-0.3, -0.25) is 4.79 Å². The molecule has 0 saturated heterocycles. The zero-order valence-corrected chi connectivity index (χ0v) is 15.3. The summed E-state index contributed by atoms with van der Waals surface area (Å²) in [4.78, 5) is 12.3. The maximum absolute atomic E-state index is 12.3. The summed E-state index contributed by atoms with van der Waals surface area (Å²) in [5, 5.41) is 2.85. The second-order valence-corrected chi connectivity index (χ2v) is 7.05. The second-order valence-electron chi connectivity index (χ2n) is 4.30. The van der Waals surface area contributed by atoms with Crippen LogP contribution in [0.5, 0.6) is 0 Å². The molecule has 0 atom stereocenters. The van der Waals surface area contributed by atoms with Crippen LogP contribution in [0.1, 0.15) is 15.9 Å². The summed E-state index contributed by atoms with van der Waals surface area (Å²) in [6.45, 7) is 1.90. The van der Waals surface area contributed by atoms with Crippen molar-refractivity contribution in [3.8, 4) is 0 Å². The Labute approximate surface area is 142 Å². The normalized spacial score (nSPS) is 10.4. The highest BCUT2D eigenvalue weighted by atomic mass is 79.9. The number of nitrogens with two attached hydrogens (primary N) is 1. The summed E-state index contributed by atoms with van der Waals surface area (Å²) >= 11 is 10.1. The fourth-order valence-corrected chi connectivity index (χ4v) is 3.69. The lowest BCUT2D eigenvalue weighted by molar-refractivity contribution is 0.102. The molecule has 2 aromatic rings. The van der Waals surface area contributed by atoms with Gasteiger partial charge in [0.15, 0.2) is 0 Å². The van der Waals surface area contributed by atoms with E-state index in [1.54, 1.807) is 18.2 Å². The first kappa shape index (κ1) is 15.5. The van der Waals surface area contributed by atoms with Gasteiger partial charge in [0.2, 0.25) is 0 Å². The van der Waals surface area contributed by atoms with E-state index in [-0.39, 0.29) is 5.91 Å². The van der Waals surface area contributed by atoms with Gasteiger partial charge in [-0.2, -0.15) is 0 Å². The Balaban J connectivity index is 2.32. The van der Waals surface area contributed by atoms with Crippen molar-refractivity contribution in [3.05, 3.63) is 54.9 Å². The number of hydrogen-bond acceptors (Lipinski definition) is 2. The fourth-order valence-electron chi connectivity index (χ4n) is 1.81. The van der Waals surface area contributed by atoms with Gasteiger partial charge < -0.3 is 11.1 Å². The minimum absolute atomic E-state index is 0.205. The average molecular weight is 463 g/mol. The molecule has 0 aromatic heterocycles. The number of hydrogen-bond donors (Lipinski definition) is 2. The van der Waals surface area contributed by atoms with Gasteiger partial charge in [0, 0.05) is 19.0 Å². The van der Waals surface area contributed by atoms with Gasteiger partial charge in [0.1, 0.15) is 0 Å². The highest BCUT2D eigenvalue weighted by Gasteiger charge is 2.12. The number of benzene rings is 2. The topological polar surface area (TPSA) is 55.1 Å². The minimum atomic E-state index is -0.205. The molecular formula is C14H11Br3N2O. The van der Waals surface area contributed by atoms with Gasteiger partial charge >= 0.3 is 0 Å². The summed E-state index contributed by atoms with van der Waals surface area (Å²) in [5.74, 6) is -0.205. The van der Waals surface area contributed by atoms with Crippen molar-refractivity contribution >= 4 is 65.1 Å². The van der Waals surface area contributed by atoms with Gasteiger partial charge in [-0.05, 0) is 42.8 Å². The molecule has 0 aliphatic heterocycles. The summed E-state index contributed by atoms with van der Waals surface area (Å²) in [5.41, 5.74) is 8.56. The molecule has 0 radical (unpaired) electrons. The first-order valence-electron chi connectivity index (χ1n) is 5.70. The molecule has 3 N–H and O–H groups in total. The molecule has 2 rings (SSSR count). The molecule has 0 fully saturated rings. The molecule has 1 amide bonds. The van der Waals surface area contributed by atoms with E-state index >= 15 is 0 Å². The Bertz CT molecular complexity index is 643. The van der Waals surface area contributed by atoms with Crippen molar-refractivity contribution in [1.82, 2.24) is 0 Å². The minimum Gasteiger partial charge on any atom is -0.397 e. The smallest absolute Gasteiger partial charge is 0.255 e. The third kappa shape index (κ3) is 3.62. The summed E-state index contributed by atoms with van der Waals surface area (Å²) in [7, 11) is 0. The van der Waals surface area contributed by atoms with Crippen molar-refractivity contribution < 1.29 is 4.79 Å². The lowest BCUT2D eigenvalue weighted by Crippen LogP contribution is -2.14. The van der Waals surface area contributed by atoms with Crippen LogP contribution in [0.15, 0.2) is 43.7 Å². The number of nitrogens with one attached hydrogen (secondary N) is 1. The van der Waals surface area contributed by atoms with E-state index < -0.39 is 0 Å². The quantitative estimate of drug-likeness (QED) is 0.609. The number of carbonyl (C=O) groups is 1. The van der Waals surface area contributed by atoms with Crippen LogP contribution in [0.3, 0.4) is 0 Å². The van der Waals surface area contributed by atoms with Crippen LogP contribution in [0, 0.1) is 6.92 Å². The molecule has 3 nitrogen and oxygen atoms in total. The van der Waals surface area contributed by atoms with Gasteiger partial charge in [-0.1, -0.05) is 47.8 Å². The van der Waals surface area contributed by atoms with Crippen LogP contribution in [0.25, 0.3) is 0 Å². The van der Waals surface area contributed by atoms with E-state index in [1.165, 1.54) is 0 Å². The predicted octanol–water partition coefficient (Wildman–Crippen LogP) is 5.12. The Morgan fingerprint density at radius 2 is 1.55 bits per heavy atom. The van der Waals surface area contributed by atoms with Gasteiger partial charge in [0.05, 0.1) is 11.4 Å². The number of amides is 1. The van der Waals surface area contributed by atoms with Gasteiger partial charge in [0.25, 0.3) is 5.91 Å². The second kappa shape index (κ2) is 6.28. The molecule has 0 heterocycles. The molecule has 0 aliphatic carbocycles. The monoisotopic (exact) mass is 460 g/mol. The number of rotatable bonds is 2. The molecule has 0 spiro atoms. The molecule has 20 heavy (non-hydrogen) atoms. The maximum atomic E-state index is 12.3. The largest absolute Gasteiger partial charge is 0.397 e. The van der Waals surface area contributed by atoms with E-state index in [0.29, 0.717) is 16.9 Å². The average Bonchev–Trinajstić information content (AvgIpc) is 2.32. The summed E-state index contributed by atoms with van der Waals surface area (Å²) in [6.07, 6.45) is 0. The van der Waals surface area contributed by atoms with Crippen LogP contribution >= 0.6 is 47.8 Å². The SMILES string of the molecule is Cc1cc(Br)cc(N)c1NC(=O)c1cc(Br)cc(Br)c1. The molecule has 0 unspecified atom stereocenters. The van der Waals surface area contributed by atoms with Gasteiger partial charge in [-0.25, -0.2) is 0 Å². The van der Waals surface area contributed by atoms with Crippen molar-refractivity contribution in [1.29, 1.82) is 0 Å². The third-order valence-electron chi connectivity index (χ3n) is 2.69. The molecule has 6 heteroatoms. The van der Waals surface area contributed by atoms with Crippen molar-refractivity contribution in [3.63, 3.8) is 0 Å². The Morgan fingerprint density at radius 1 is 1.00 bits per heavy atom. The fraction of sp³-hybridized carbons (Fsp3) is 0.0714. The Hall–Kier alpha value is -0.850. The Morgan fingerprint density at radius 3 is 2.10 bits per heavy atom. The standard InChI is InChI=1S/C14H11Br3N2O/c1-7-2-9(15)6-12(18)13(7)19-14(20)8-3-10(16)5-11(17)4-8/h2-6H,18H2,1H3,(H,19,20). The number of aryl methyl sites for hydroxylation is 1. The summed E-state index contributed by atoms with van der Waals surface area (Å²) < 4.78 is 2.55. The molecule has 2 aromatic carbocycles. The van der Waals surface area contributed by atoms with E-state index in [1.807, 2.05) is 19.1 Å². The summed E-state index contributed by atoms with van der Waals surface area (Å²) in [6, 6.07) is 9.05. The molecule has 0 bridgehead atoms. The van der Waals surface area contributed by atoms with Crippen LogP contribution in [0.4, 0.5) is 11.4 Å².